The molecule has 4 aromatic rings. The van der Waals surface area contributed by atoms with Crippen molar-refractivity contribution in [2.45, 2.75) is 68.5 Å². The van der Waals surface area contributed by atoms with Gasteiger partial charge in [0.2, 0.25) is 5.79 Å². The molecule has 2 fully saturated rings. The fourth-order valence-corrected chi connectivity index (χ4v) is 7.01. The molecular weight excluding hydrogens is 558 g/mol. The smallest absolute Gasteiger partial charge is 0.202 e. The second-order valence-electron chi connectivity index (χ2n) is 12.0. The molecule has 1 aliphatic heterocycles. The number of benzene rings is 3. The van der Waals surface area contributed by atoms with Gasteiger partial charge in [0.05, 0.1) is 11.2 Å². The Labute approximate surface area is 258 Å². The second-order valence-corrected chi connectivity index (χ2v) is 12.4. The summed E-state index contributed by atoms with van der Waals surface area (Å²) in [6.07, 6.45) is 10.3. The summed E-state index contributed by atoms with van der Waals surface area (Å²) in [5.41, 5.74) is 4.81. The van der Waals surface area contributed by atoms with Crippen LogP contribution in [0.25, 0.3) is 16.5 Å². The molecule has 7 heteroatoms. The molecule has 43 heavy (non-hydrogen) atoms. The number of anilines is 1. The molecule has 1 saturated heterocycles. The minimum absolute atomic E-state index is 0.206. The van der Waals surface area contributed by atoms with Gasteiger partial charge in [-0.3, -0.25) is 4.98 Å². The lowest BCUT2D eigenvalue weighted by Crippen LogP contribution is -2.56. The molecule has 0 unspecified atom stereocenters. The molecule has 2 N–H and O–H groups in total. The quantitative estimate of drug-likeness (QED) is 0.151. The molecule has 1 spiro atoms. The van der Waals surface area contributed by atoms with Crippen LogP contribution in [-0.4, -0.2) is 36.0 Å². The first-order valence-electron chi connectivity index (χ1n) is 15.5. The van der Waals surface area contributed by atoms with Crippen molar-refractivity contribution in [2.75, 3.05) is 18.4 Å². The SMILES string of the molecule is Clc1cc(NCCCCNC2CCC3(CC2)OO[C@@]2(c4ccccc4)CC(c4ccccc4)=C[C@H]2O3)c2ncccc2c1. The van der Waals surface area contributed by atoms with Gasteiger partial charge in [-0.1, -0.05) is 78.3 Å². The largest absolute Gasteiger partial charge is 0.383 e. The van der Waals surface area contributed by atoms with Crippen LogP contribution >= 0.6 is 11.6 Å². The van der Waals surface area contributed by atoms with Crippen molar-refractivity contribution in [3.05, 3.63) is 113 Å². The van der Waals surface area contributed by atoms with Crippen LogP contribution in [0, 0.1) is 0 Å². The first-order chi connectivity index (χ1) is 21.1. The second kappa shape index (κ2) is 12.4. The van der Waals surface area contributed by atoms with Crippen molar-refractivity contribution in [1.29, 1.82) is 0 Å². The Hall–Kier alpha value is -3.26. The number of nitrogens with one attached hydrogen (secondary N) is 2. The van der Waals surface area contributed by atoms with Crippen LogP contribution in [0.15, 0.2) is 97.2 Å². The topological polar surface area (TPSA) is 64.6 Å². The first kappa shape index (κ1) is 28.5. The van der Waals surface area contributed by atoms with Crippen LogP contribution in [-0.2, 0) is 20.1 Å². The zero-order valence-corrected chi connectivity index (χ0v) is 25.1. The molecule has 2 heterocycles. The number of aromatic nitrogens is 1. The van der Waals surface area contributed by atoms with Crippen LogP contribution in [0.4, 0.5) is 5.69 Å². The van der Waals surface area contributed by atoms with Crippen molar-refractivity contribution < 1.29 is 14.5 Å². The Kier molecular flexibility index (Phi) is 8.21. The van der Waals surface area contributed by atoms with E-state index in [1.165, 1.54) is 11.1 Å². The summed E-state index contributed by atoms with van der Waals surface area (Å²) in [7, 11) is 0. The molecule has 0 bridgehead atoms. The molecule has 0 amide bonds. The number of halogens is 1. The summed E-state index contributed by atoms with van der Waals surface area (Å²) in [6, 6.07) is 29.2. The van der Waals surface area contributed by atoms with Crippen LogP contribution in [0.3, 0.4) is 0 Å². The maximum absolute atomic E-state index is 6.86. The lowest BCUT2D eigenvalue weighted by Gasteiger charge is -2.49. The van der Waals surface area contributed by atoms with Gasteiger partial charge < -0.3 is 15.4 Å². The number of hydrogen-bond acceptors (Lipinski definition) is 6. The maximum Gasteiger partial charge on any atom is 0.202 e. The van der Waals surface area contributed by atoms with Crippen molar-refractivity contribution in [3.8, 4) is 0 Å². The summed E-state index contributed by atoms with van der Waals surface area (Å²) in [5, 5.41) is 9.07. The molecular formula is C36H38ClN3O3. The molecule has 1 aromatic heterocycles. The van der Waals surface area contributed by atoms with E-state index in [1.807, 2.05) is 42.6 Å². The number of ether oxygens (including phenoxy) is 1. The molecule has 222 valence electrons. The highest BCUT2D eigenvalue weighted by Crippen LogP contribution is 2.53. The Morgan fingerprint density at radius 1 is 0.860 bits per heavy atom. The first-order valence-corrected chi connectivity index (χ1v) is 15.9. The minimum atomic E-state index is -0.707. The Morgan fingerprint density at radius 3 is 2.44 bits per heavy atom. The normalized spacial score (nSPS) is 26.8. The van der Waals surface area contributed by atoms with E-state index in [9.17, 15) is 0 Å². The van der Waals surface area contributed by atoms with Crippen molar-refractivity contribution in [3.63, 3.8) is 0 Å². The van der Waals surface area contributed by atoms with E-state index in [4.69, 9.17) is 26.1 Å². The Morgan fingerprint density at radius 2 is 1.63 bits per heavy atom. The highest BCUT2D eigenvalue weighted by molar-refractivity contribution is 6.31. The maximum atomic E-state index is 6.86. The number of nitrogens with zero attached hydrogens (tertiary/aromatic N) is 1. The highest BCUT2D eigenvalue weighted by atomic mass is 35.5. The number of hydrogen-bond donors (Lipinski definition) is 2. The van der Waals surface area contributed by atoms with Crippen LogP contribution in [0.1, 0.15) is 56.1 Å². The van der Waals surface area contributed by atoms with Gasteiger partial charge in [-0.05, 0) is 73.2 Å². The monoisotopic (exact) mass is 595 g/mol. The summed E-state index contributed by atoms with van der Waals surface area (Å²) < 4.78 is 6.86. The lowest BCUT2D eigenvalue weighted by atomic mass is 9.85. The van der Waals surface area contributed by atoms with Crippen LogP contribution < -0.4 is 10.6 Å². The lowest BCUT2D eigenvalue weighted by molar-refractivity contribution is -0.531. The van der Waals surface area contributed by atoms with Gasteiger partial charge >= 0.3 is 0 Å². The Bertz CT molecular complexity index is 1570. The summed E-state index contributed by atoms with van der Waals surface area (Å²) in [5.74, 6) is -0.707. The van der Waals surface area contributed by atoms with Gasteiger partial charge in [0, 0.05) is 48.5 Å². The van der Waals surface area contributed by atoms with Crippen molar-refractivity contribution in [1.82, 2.24) is 10.3 Å². The van der Waals surface area contributed by atoms with Gasteiger partial charge in [0.25, 0.3) is 0 Å². The van der Waals surface area contributed by atoms with Gasteiger partial charge in [-0.2, -0.15) is 0 Å². The van der Waals surface area contributed by atoms with E-state index in [2.05, 4.69) is 70.2 Å². The Balaban J connectivity index is 0.914. The van der Waals surface area contributed by atoms with Gasteiger partial charge in [0.15, 0.2) is 5.60 Å². The third kappa shape index (κ3) is 5.95. The third-order valence-corrected chi connectivity index (χ3v) is 9.34. The van der Waals surface area contributed by atoms with E-state index >= 15 is 0 Å². The molecule has 6 nitrogen and oxygen atoms in total. The summed E-state index contributed by atoms with van der Waals surface area (Å²) in [6.45, 7) is 1.86. The van der Waals surface area contributed by atoms with E-state index in [0.29, 0.717) is 12.5 Å². The average Bonchev–Trinajstić information content (AvgIpc) is 3.44. The summed E-state index contributed by atoms with van der Waals surface area (Å²) in [4.78, 5) is 17.2. The standard InChI is InChI=1S/C36H38ClN3O3/c37-30-22-27-12-9-21-40-34(27)32(24-30)39-20-8-7-19-38-31-15-17-35(18-16-31)41-33-23-28(26-10-3-1-4-11-26)25-36(33,43-42-35)29-13-5-2-6-14-29/h1-6,9-14,21-24,31,33,38-39H,7-8,15-20,25H2/t31?,33-,35?,36-/m1/s1. The van der Waals surface area contributed by atoms with Gasteiger partial charge in [-0.25, -0.2) is 9.78 Å². The number of unbranched alkanes of at least 4 members (excludes halogenated alkanes) is 1. The number of fused-ring (bicyclic) bond motifs is 2. The third-order valence-electron chi connectivity index (χ3n) is 9.13. The molecule has 3 aromatic carbocycles. The fraction of sp³-hybridized carbons (Fsp3) is 0.361. The van der Waals surface area contributed by atoms with Crippen LogP contribution in [0.5, 0.6) is 0 Å². The molecule has 7 rings (SSSR count). The van der Waals surface area contributed by atoms with E-state index in [1.54, 1.807) is 0 Å². The average molecular weight is 596 g/mol. The van der Waals surface area contributed by atoms with E-state index in [-0.39, 0.29) is 6.10 Å². The van der Waals surface area contributed by atoms with Gasteiger partial charge in [0.1, 0.15) is 6.10 Å². The molecule has 2 aliphatic carbocycles. The number of pyridine rings is 1. The van der Waals surface area contributed by atoms with Crippen molar-refractivity contribution in [2.24, 2.45) is 0 Å². The van der Waals surface area contributed by atoms with Crippen molar-refractivity contribution >= 4 is 33.8 Å². The predicted octanol–water partition coefficient (Wildman–Crippen LogP) is 8.04. The highest BCUT2D eigenvalue weighted by Gasteiger charge is 2.57. The molecule has 0 radical (unpaired) electrons. The summed E-state index contributed by atoms with van der Waals surface area (Å²) >= 11 is 6.31. The van der Waals surface area contributed by atoms with Gasteiger partial charge in [-0.15, -0.1) is 0 Å². The zero-order valence-electron chi connectivity index (χ0n) is 24.3. The van der Waals surface area contributed by atoms with E-state index < -0.39 is 11.4 Å². The minimum Gasteiger partial charge on any atom is -0.383 e. The number of rotatable bonds is 9. The molecule has 2 atom stereocenters. The molecule has 3 aliphatic rings. The van der Waals surface area contributed by atoms with E-state index in [0.717, 1.165) is 78.8 Å². The fourth-order valence-electron chi connectivity index (χ4n) is 6.79. The molecule has 1 saturated carbocycles. The zero-order chi connectivity index (χ0) is 29.1. The van der Waals surface area contributed by atoms with Crippen LogP contribution in [0.2, 0.25) is 5.02 Å². The predicted molar refractivity (Wildman–Crippen MR) is 172 cm³/mol.